The molecule has 4 atom stereocenters. The predicted octanol–water partition coefficient (Wildman–Crippen LogP) is 6.47. The average Bonchev–Trinajstić information content (AvgIpc) is 2.79. The molecule has 32 heavy (non-hydrogen) atoms. The maximum absolute atomic E-state index is 11.4. The predicted molar refractivity (Wildman–Crippen MR) is 124 cm³/mol. The van der Waals surface area contributed by atoms with E-state index >= 15 is 0 Å². The smallest absolute Gasteiger partial charge is 0.335 e. The Morgan fingerprint density at radius 2 is 1.72 bits per heavy atom. The molecule has 0 aromatic heterocycles. The van der Waals surface area contributed by atoms with Gasteiger partial charge in [0.25, 0.3) is 0 Å². The summed E-state index contributed by atoms with van der Waals surface area (Å²) in [7, 11) is 0. The second kappa shape index (κ2) is 7.79. The summed E-state index contributed by atoms with van der Waals surface area (Å²) in [6.45, 7) is 6.47. The zero-order valence-electron chi connectivity index (χ0n) is 18.6. The first-order chi connectivity index (χ1) is 15.3. The molecule has 2 heterocycles. The third-order valence-electron chi connectivity index (χ3n) is 7.05. The van der Waals surface area contributed by atoms with Crippen LogP contribution >= 0.6 is 0 Å². The molecule has 2 aliphatic heterocycles. The summed E-state index contributed by atoms with van der Waals surface area (Å²) in [5.41, 5.74) is 4.12. The number of rotatable bonds is 3. The van der Waals surface area contributed by atoms with Crippen molar-refractivity contribution in [3.05, 3.63) is 89.5 Å². The molecular weight excluding hydrogens is 400 g/mol. The van der Waals surface area contributed by atoms with Crippen LogP contribution in [0.4, 0.5) is 0 Å². The van der Waals surface area contributed by atoms with Crippen LogP contribution in [0.1, 0.15) is 60.7 Å². The fourth-order valence-electron chi connectivity index (χ4n) is 5.29. The molecule has 1 saturated heterocycles. The molecule has 3 aromatic rings. The zero-order chi connectivity index (χ0) is 22.5. The van der Waals surface area contributed by atoms with E-state index in [0.29, 0.717) is 5.92 Å². The number of benzene rings is 3. The number of hydrogen-bond donors (Lipinski definition) is 1. The van der Waals surface area contributed by atoms with Crippen molar-refractivity contribution in [3.63, 3.8) is 0 Å². The number of carboxylic acid groups (broad SMARTS) is 1. The average molecular weight is 429 g/mol. The van der Waals surface area contributed by atoms with Crippen LogP contribution in [0.5, 0.6) is 5.75 Å². The van der Waals surface area contributed by atoms with Crippen molar-refractivity contribution < 1.29 is 19.4 Å². The largest absolute Gasteiger partial charge is 0.487 e. The summed E-state index contributed by atoms with van der Waals surface area (Å²) in [5.74, 6) is 0.445. The van der Waals surface area contributed by atoms with Gasteiger partial charge in [-0.3, -0.25) is 0 Å². The lowest BCUT2D eigenvalue weighted by atomic mass is 9.70. The van der Waals surface area contributed by atoms with E-state index in [1.165, 1.54) is 5.56 Å². The van der Waals surface area contributed by atoms with Crippen LogP contribution in [0.25, 0.3) is 11.1 Å². The van der Waals surface area contributed by atoms with E-state index < -0.39 is 5.97 Å². The number of hydrogen-bond acceptors (Lipinski definition) is 3. The highest BCUT2D eigenvalue weighted by Crippen LogP contribution is 2.54. The summed E-state index contributed by atoms with van der Waals surface area (Å²) < 4.78 is 13.2. The van der Waals surface area contributed by atoms with E-state index in [-0.39, 0.29) is 29.3 Å². The van der Waals surface area contributed by atoms with Crippen molar-refractivity contribution in [3.8, 4) is 16.9 Å². The zero-order valence-corrected chi connectivity index (χ0v) is 18.6. The van der Waals surface area contributed by atoms with Gasteiger partial charge in [-0.1, -0.05) is 48.5 Å². The molecule has 0 bridgehead atoms. The summed E-state index contributed by atoms with van der Waals surface area (Å²) in [4.78, 5) is 11.4. The quantitative estimate of drug-likeness (QED) is 0.519. The Labute approximate surface area is 188 Å². The molecule has 0 spiro atoms. The van der Waals surface area contributed by atoms with Crippen molar-refractivity contribution >= 4 is 5.97 Å². The fourth-order valence-corrected chi connectivity index (χ4v) is 5.29. The van der Waals surface area contributed by atoms with E-state index in [0.717, 1.165) is 28.9 Å². The van der Waals surface area contributed by atoms with E-state index in [4.69, 9.17) is 9.47 Å². The summed E-state index contributed by atoms with van der Waals surface area (Å²) >= 11 is 0. The minimum Gasteiger partial charge on any atom is -0.487 e. The van der Waals surface area contributed by atoms with Gasteiger partial charge in [0.15, 0.2) is 0 Å². The van der Waals surface area contributed by atoms with Crippen LogP contribution in [0.2, 0.25) is 0 Å². The first kappa shape index (κ1) is 20.8. The van der Waals surface area contributed by atoms with Crippen molar-refractivity contribution in [2.24, 2.45) is 5.92 Å². The number of carboxylic acids is 1. The van der Waals surface area contributed by atoms with Gasteiger partial charge in [-0.25, -0.2) is 4.79 Å². The molecule has 2 aliphatic rings. The molecule has 0 unspecified atom stereocenters. The van der Waals surface area contributed by atoms with Crippen molar-refractivity contribution in [1.82, 2.24) is 0 Å². The SMILES string of the molecule is C[C@@H]1O[C@@H]2c3cc(-c4cccc(C(=O)O)c4)ccc3OC(C)(C)[C@H]2C[C@@H]1c1ccccc1. The molecule has 1 N–H and O–H groups in total. The van der Waals surface area contributed by atoms with Gasteiger partial charge >= 0.3 is 5.97 Å². The second-order valence-corrected chi connectivity index (χ2v) is 9.47. The van der Waals surface area contributed by atoms with E-state index in [1.54, 1.807) is 18.2 Å². The van der Waals surface area contributed by atoms with Crippen LogP contribution in [-0.2, 0) is 4.74 Å². The number of aromatic carboxylic acids is 1. The molecule has 4 heteroatoms. The minimum atomic E-state index is -0.925. The van der Waals surface area contributed by atoms with Gasteiger partial charge in [0.2, 0.25) is 0 Å². The van der Waals surface area contributed by atoms with Gasteiger partial charge < -0.3 is 14.6 Å². The van der Waals surface area contributed by atoms with Gasteiger partial charge in [-0.05, 0) is 68.1 Å². The van der Waals surface area contributed by atoms with Gasteiger partial charge in [0, 0.05) is 17.4 Å². The molecule has 164 valence electrons. The van der Waals surface area contributed by atoms with Crippen molar-refractivity contribution in [2.45, 2.75) is 50.9 Å². The van der Waals surface area contributed by atoms with Gasteiger partial charge in [0.05, 0.1) is 17.8 Å². The fraction of sp³-hybridized carbons (Fsp3) is 0.321. The third-order valence-corrected chi connectivity index (χ3v) is 7.05. The summed E-state index contributed by atoms with van der Waals surface area (Å²) in [5, 5.41) is 9.37. The van der Waals surface area contributed by atoms with Gasteiger partial charge in [-0.15, -0.1) is 0 Å². The normalized spacial score (nSPS) is 25.8. The summed E-state index contributed by atoms with van der Waals surface area (Å²) in [6, 6.07) is 23.7. The lowest BCUT2D eigenvalue weighted by molar-refractivity contribution is -0.153. The molecule has 0 aliphatic carbocycles. The highest BCUT2D eigenvalue weighted by Gasteiger charge is 2.49. The summed E-state index contributed by atoms with van der Waals surface area (Å²) in [6.07, 6.45) is 1.01. The maximum atomic E-state index is 11.4. The third kappa shape index (κ3) is 3.59. The maximum Gasteiger partial charge on any atom is 0.335 e. The Morgan fingerprint density at radius 1 is 0.969 bits per heavy atom. The monoisotopic (exact) mass is 428 g/mol. The van der Waals surface area contributed by atoms with E-state index in [1.807, 2.05) is 24.3 Å². The lowest BCUT2D eigenvalue weighted by Crippen LogP contribution is -2.50. The first-order valence-electron chi connectivity index (χ1n) is 11.2. The molecular formula is C28H28O4. The van der Waals surface area contributed by atoms with Gasteiger partial charge in [0.1, 0.15) is 11.4 Å². The van der Waals surface area contributed by atoms with Crippen LogP contribution < -0.4 is 4.74 Å². The molecule has 5 rings (SSSR count). The Bertz CT molecular complexity index is 1150. The van der Waals surface area contributed by atoms with Crippen LogP contribution in [0.3, 0.4) is 0 Å². The van der Waals surface area contributed by atoms with Gasteiger partial charge in [-0.2, -0.15) is 0 Å². The molecule has 3 aromatic carbocycles. The van der Waals surface area contributed by atoms with E-state index in [2.05, 4.69) is 51.1 Å². The minimum absolute atomic E-state index is 0.0636. The molecule has 0 radical (unpaired) electrons. The molecule has 0 saturated carbocycles. The van der Waals surface area contributed by atoms with Crippen LogP contribution in [-0.4, -0.2) is 22.8 Å². The Kier molecular flexibility index (Phi) is 5.06. The molecule has 0 amide bonds. The standard InChI is InChI=1S/C28H28O4/c1-17-22(18-8-5-4-6-9-18)16-24-26(31-17)23-15-20(12-13-25(23)32-28(24,2)3)19-10-7-11-21(14-19)27(29)30/h4-15,17,22,24,26H,16H2,1-3H3,(H,29,30)/t17-,22-,24-,26+/m0/s1. The Morgan fingerprint density at radius 3 is 2.47 bits per heavy atom. The number of carbonyl (C=O) groups is 1. The number of fused-ring (bicyclic) bond motifs is 3. The molecule has 1 fully saturated rings. The highest BCUT2D eigenvalue weighted by atomic mass is 16.5. The number of ether oxygens (including phenoxy) is 2. The van der Waals surface area contributed by atoms with Crippen molar-refractivity contribution in [2.75, 3.05) is 0 Å². The first-order valence-corrected chi connectivity index (χ1v) is 11.2. The van der Waals surface area contributed by atoms with E-state index in [9.17, 15) is 9.90 Å². The Balaban J connectivity index is 1.53. The van der Waals surface area contributed by atoms with Crippen LogP contribution in [0.15, 0.2) is 72.8 Å². The highest BCUT2D eigenvalue weighted by molar-refractivity contribution is 5.89. The topological polar surface area (TPSA) is 55.8 Å². The second-order valence-electron chi connectivity index (χ2n) is 9.47. The molecule has 4 nitrogen and oxygen atoms in total. The van der Waals surface area contributed by atoms with Crippen molar-refractivity contribution in [1.29, 1.82) is 0 Å². The lowest BCUT2D eigenvalue weighted by Gasteiger charge is -2.50. The van der Waals surface area contributed by atoms with Crippen LogP contribution in [0, 0.1) is 5.92 Å². The Hall–Kier alpha value is -3.11.